The Kier molecular flexibility index (Phi) is 2.31. The molecule has 0 atom stereocenters. The highest BCUT2D eigenvalue weighted by atomic mass is 35.5. The molecular weight excluding hydrogens is 266 g/mol. The Morgan fingerprint density at radius 2 is 2.06 bits per heavy atom. The molecule has 0 aliphatic carbocycles. The molecule has 0 spiro atoms. The number of hydrogen-bond acceptors (Lipinski definition) is 5. The monoisotopic (exact) mass is 268 g/mol. The Hall–Kier alpha value is -1.35. The molecule has 16 heavy (non-hydrogen) atoms. The van der Waals surface area contributed by atoms with Crippen molar-refractivity contribution in [2.45, 2.75) is 5.38 Å². The number of fused-ring (bicyclic) bond motifs is 1. The Morgan fingerprint density at radius 1 is 1.44 bits per heavy atom. The number of nitrogens with zero attached hydrogens (tertiary/aromatic N) is 4. The van der Waals surface area contributed by atoms with Crippen molar-refractivity contribution in [1.29, 1.82) is 0 Å². The van der Waals surface area contributed by atoms with Crippen LogP contribution in [-0.2, 0) is 12.4 Å². The van der Waals surface area contributed by atoms with Gasteiger partial charge in [-0.1, -0.05) is 11.3 Å². The second kappa shape index (κ2) is 3.32. The van der Waals surface area contributed by atoms with E-state index in [0.717, 1.165) is 0 Å². The smallest absolute Gasteiger partial charge is 0.245 e. The van der Waals surface area contributed by atoms with Crippen molar-refractivity contribution in [3.63, 3.8) is 0 Å². The van der Waals surface area contributed by atoms with Gasteiger partial charge in [-0.25, -0.2) is 14.2 Å². The maximum atomic E-state index is 12.7. The van der Waals surface area contributed by atoms with Gasteiger partial charge in [0, 0.05) is 7.05 Å². The molecule has 0 unspecified atom stereocenters. The van der Waals surface area contributed by atoms with E-state index < -0.39 is 21.8 Å². The molecular formula is C6H3ClF2N4O2S. The van der Waals surface area contributed by atoms with E-state index in [0.29, 0.717) is 20.4 Å². The van der Waals surface area contributed by atoms with Gasteiger partial charge in [-0.3, -0.25) is 0 Å². The van der Waals surface area contributed by atoms with Gasteiger partial charge in [0.1, 0.15) is 0 Å². The van der Waals surface area contributed by atoms with Crippen LogP contribution < -0.4 is 11.4 Å². The summed E-state index contributed by atoms with van der Waals surface area (Å²) in [6.07, 6.45) is 0. The van der Waals surface area contributed by atoms with Crippen LogP contribution >= 0.6 is 22.9 Å². The highest BCUT2D eigenvalue weighted by Gasteiger charge is 2.33. The third-order valence-electron chi connectivity index (χ3n) is 1.75. The predicted octanol–water partition coefficient (Wildman–Crippen LogP) is 0.138. The standard InChI is InChI=1S/C6H3ClF2N4O2S/c1-12-3(14)10-4-13(5(12)15)11-2(16-4)6(7,8)9/h1H3. The zero-order valence-electron chi connectivity index (χ0n) is 7.65. The van der Waals surface area contributed by atoms with Crippen LogP contribution in [-0.4, -0.2) is 19.2 Å². The molecule has 0 bridgehead atoms. The fourth-order valence-corrected chi connectivity index (χ4v) is 1.87. The largest absolute Gasteiger partial charge is 0.375 e. The van der Waals surface area contributed by atoms with Crippen molar-refractivity contribution < 1.29 is 8.78 Å². The molecule has 0 radical (unpaired) electrons. The lowest BCUT2D eigenvalue weighted by Crippen LogP contribution is -2.37. The van der Waals surface area contributed by atoms with Crippen molar-refractivity contribution in [2.24, 2.45) is 7.05 Å². The van der Waals surface area contributed by atoms with Gasteiger partial charge in [0.25, 0.3) is 0 Å². The van der Waals surface area contributed by atoms with Crippen LogP contribution in [0.15, 0.2) is 9.59 Å². The third-order valence-corrected chi connectivity index (χ3v) is 3.02. The molecule has 2 aromatic rings. The van der Waals surface area contributed by atoms with Crippen molar-refractivity contribution >= 4 is 27.9 Å². The van der Waals surface area contributed by atoms with Crippen molar-refractivity contribution in [3.05, 3.63) is 26.0 Å². The van der Waals surface area contributed by atoms with Gasteiger partial charge in [-0.2, -0.15) is 18.3 Å². The quantitative estimate of drug-likeness (QED) is 0.690. The molecule has 0 aliphatic heterocycles. The van der Waals surface area contributed by atoms with E-state index in [1.807, 2.05) is 0 Å². The molecule has 2 heterocycles. The summed E-state index contributed by atoms with van der Waals surface area (Å²) in [6, 6.07) is 0. The zero-order valence-corrected chi connectivity index (χ0v) is 9.22. The molecule has 6 nitrogen and oxygen atoms in total. The Labute approximate surface area is 94.7 Å². The first-order valence-electron chi connectivity index (χ1n) is 3.85. The van der Waals surface area contributed by atoms with Crippen LogP contribution in [0.2, 0.25) is 0 Å². The second-order valence-electron chi connectivity index (χ2n) is 2.84. The van der Waals surface area contributed by atoms with Crippen LogP contribution in [0.25, 0.3) is 4.96 Å². The summed E-state index contributed by atoms with van der Waals surface area (Å²) in [5.41, 5.74) is -1.68. The van der Waals surface area contributed by atoms with Gasteiger partial charge in [0.05, 0.1) is 0 Å². The van der Waals surface area contributed by atoms with Gasteiger partial charge in [0.15, 0.2) is 0 Å². The van der Waals surface area contributed by atoms with E-state index in [-0.39, 0.29) is 4.96 Å². The number of rotatable bonds is 1. The zero-order chi connectivity index (χ0) is 12.1. The molecule has 0 aliphatic rings. The number of hydrogen-bond donors (Lipinski definition) is 0. The lowest BCUT2D eigenvalue weighted by atomic mass is 10.7. The van der Waals surface area contributed by atoms with E-state index in [4.69, 9.17) is 11.6 Å². The molecule has 0 saturated carbocycles. The Balaban J connectivity index is 2.87. The first kappa shape index (κ1) is 11.1. The molecule has 0 N–H and O–H groups in total. The summed E-state index contributed by atoms with van der Waals surface area (Å²) >= 11 is 5.14. The van der Waals surface area contributed by atoms with E-state index >= 15 is 0 Å². The Bertz CT molecular complexity index is 670. The SMILES string of the molecule is Cn1c(=O)nc2sc(C(F)(F)Cl)nn2c1=O. The fraction of sp³-hybridized carbons (Fsp3) is 0.333. The summed E-state index contributed by atoms with van der Waals surface area (Å²) < 4.78 is 26.7. The molecule has 2 aromatic heterocycles. The minimum Gasteiger partial charge on any atom is -0.245 e. The van der Waals surface area contributed by atoms with Crippen LogP contribution in [0.4, 0.5) is 8.78 Å². The average Bonchev–Trinajstić information content (AvgIpc) is 2.57. The summed E-state index contributed by atoms with van der Waals surface area (Å²) in [6.45, 7) is 0. The maximum Gasteiger partial charge on any atom is 0.375 e. The van der Waals surface area contributed by atoms with Crippen molar-refractivity contribution in [1.82, 2.24) is 19.2 Å². The van der Waals surface area contributed by atoms with E-state index in [2.05, 4.69) is 10.1 Å². The number of aromatic nitrogens is 4. The number of halogens is 3. The lowest BCUT2D eigenvalue weighted by Gasteiger charge is -1.99. The molecule has 10 heteroatoms. The van der Waals surface area contributed by atoms with Crippen LogP contribution in [0.5, 0.6) is 0 Å². The van der Waals surface area contributed by atoms with Crippen molar-refractivity contribution in [3.8, 4) is 0 Å². The first-order chi connectivity index (χ1) is 7.30. The fourth-order valence-electron chi connectivity index (χ4n) is 0.974. The second-order valence-corrected chi connectivity index (χ2v) is 4.27. The highest BCUT2D eigenvalue weighted by molar-refractivity contribution is 7.17. The summed E-state index contributed by atoms with van der Waals surface area (Å²) in [5, 5.41) is -1.17. The molecule has 0 fully saturated rings. The summed E-state index contributed by atoms with van der Waals surface area (Å²) in [7, 11) is 1.17. The summed E-state index contributed by atoms with van der Waals surface area (Å²) in [4.78, 5) is 25.7. The van der Waals surface area contributed by atoms with E-state index in [1.54, 1.807) is 0 Å². The summed E-state index contributed by atoms with van der Waals surface area (Å²) in [5.74, 6) is 0. The molecule has 2 rings (SSSR count). The van der Waals surface area contributed by atoms with E-state index in [9.17, 15) is 18.4 Å². The number of alkyl halides is 3. The van der Waals surface area contributed by atoms with Gasteiger partial charge >= 0.3 is 16.8 Å². The molecule has 0 amide bonds. The van der Waals surface area contributed by atoms with Crippen LogP contribution in [0.3, 0.4) is 0 Å². The average molecular weight is 269 g/mol. The van der Waals surface area contributed by atoms with Gasteiger partial charge < -0.3 is 0 Å². The van der Waals surface area contributed by atoms with E-state index in [1.165, 1.54) is 7.05 Å². The third kappa shape index (κ3) is 1.61. The lowest BCUT2D eigenvalue weighted by molar-refractivity contribution is 0.0935. The van der Waals surface area contributed by atoms with Gasteiger partial charge in [-0.15, -0.1) is 5.10 Å². The Morgan fingerprint density at radius 3 is 2.62 bits per heavy atom. The van der Waals surface area contributed by atoms with Crippen LogP contribution in [0, 0.1) is 0 Å². The molecule has 0 saturated heterocycles. The normalized spacial score (nSPS) is 12.2. The minimum absolute atomic E-state index is 0.219. The van der Waals surface area contributed by atoms with Crippen molar-refractivity contribution in [2.75, 3.05) is 0 Å². The minimum atomic E-state index is -3.69. The predicted molar refractivity (Wildman–Crippen MR) is 52.1 cm³/mol. The maximum absolute atomic E-state index is 12.7. The van der Waals surface area contributed by atoms with Crippen LogP contribution in [0.1, 0.15) is 5.01 Å². The molecule has 86 valence electrons. The highest BCUT2D eigenvalue weighted by Crippen LogP contribution is 2.34. The van der Waals surface area contributed by atoms with Gasteiger partial charge in [0.2, 0.25) is 9.97 Å². The van der Waals surface area contributed by atoms with Gasteiger partial charge in [-0.05, 0) is 11.6 Å². The topological polar surface area (TPSA) is 69.3 Å². The first-order valence-corrected chi connectivity index (χ1v) is 5.04. The molecule has 0 aromatic carbocycles.